The Labute approximate surface area is 147 Å². The van der Waals surface area contributed by atoms with Gasteiger partial charge in [0.2, 0.25) is 0 Å². The fourth-order valence-corrected chi connectivity index (χ4v) is 3.79. The number of likely N-dealkylation sites (tertiary alicyclic amines) is 1. The number of non-ortho nitro benzene ring substituents is 1. The zero-order valence-electron chi connectivity index (χ0n) is 14.4. The van der Waals surface area contributed by atoms with Crippen LogP contribution in [0.5, 0.6) is 0 Å². The molecule has 2 aliphatic heterocycles. The normalized spacial score (nSPS) is 21.2. The Kier molecular flexibility index (Phi) is 5.53. The van der Waals surface area contributed by atoms with Crippen LogP contribution in [0.15, 0.2) is 18.2 Å². The second kappa shape index (κ2) is 7.82. The van der Waals surface area contributed by atoms with Crippen molar-refractivity contribution in [1.29, 1.82) is 0 Å². The van der Waals surface area contributed by atoms with Crippen LogP contribution in [0.2, 0.25) is 0 Å². The number of nitro benzene ring substituents is 1. The number of aliphatic hydroxyl groups is 1. The number of benzene rings is 1. The molecule has 1 aromatic carbocycles. The molecule has 0 spiro atoms. The van der Waals surface area contributed by atoms with Crippen LogP contribution in [0.4, 0.5) is 11.4 Å². The van der Waals surface area contributed by atoms with E-state index in [1.54, 1.807) is 11.0 Å². The molecule has 1 N–H and O–H groups in total. The molecule has 0 aromatic heterocycles. The maximum atomic E-state index is 13.1. The van der Waals surface area contributed by atoms with Crippen LogP contribution in [0.1, 0.15) is 42.5 Å². The van der Waals surface area contributed by atoms with E-state index in [1.807, 2.05) is 0 Å². The third-order valence-corrected chi connectivity index (χ3v) is 5.18. The molecule has 3 rings (SSSR count). The quantitative estimate of drug-likeness (QED) is 0.668. The number of carbonyl (C=O) groups excluding carboxylic acids is 1. The molecule has 7 nitrogen and oxygen atoms in total. The van der Waals surface area contributed by atoms with Gasteiger partial charge in [-0.15, -0.1) is 0 Å². The monoisotopic (exact) mass is 347 g/mol. The molecular weight excluding hydrogens is 322 g/mol. The second-order valence-electron chi connectivity index (χ2n) is 6.95. The van der Waals surface area contributed by atoms with E-state index in [-0.39, 0.29) is 24.1 Å². The summed E-state index contributed by atoms with van der Waals surface area (Å²) in [6, 6.07) is 4.60. The highest BCUT2D eigenvalue weighted by Gasteiger charge is 2.28. The van der Waals surface area contributed by atoms with Gasteiger partial charge in [-0.3, -0.25) is 14.9 Å². The molecule has 25 heavy (non-hydrogen) atoms. The Balaban J connectivity index is 1.92. The lowest BCUT2D eigenvalue weighted by Gasteiger charge is -2.34. The summed E-state index contributed by atoms with van der Waals surface area (Å²) in [6.07, 6.45) is 5.08. The largest absolute Gasteiger partial charge is 0.396 e. The van der Waals surface area contributed by atoms with E-state index in [1.165, 1.54) is 18.6 Å². The summed E-state index contributed by atoms with van der Waals surface area (Å²) in [5.74, 6) is -0.0720. The molecule has 1 amide bonds. The van der Waals surface area contributed by atoms with Crippen molar-refractivity contribution in [3.05, 3.63) is 33.9 Å². The number of nitrogens with zero attached hydrogens (tertiary/aromatic N) is 3. The molecule has 0 saturated carbocycles. The van der Waals surface area contributed by atoms with Crippen LogP contribution in [-0.2, 0) is 0 Å². The van der Waals surface area contributed by atoms with Crippen molar-refractivity contribution in [3.8, 4) is 0 Å². The van der Waals surface area contributed by atoms with Crippen molar-refractivity contribution in [2.75, 3.05) is 37.7 Å². The lowest BCUT2D eigenvalue weighted by Crippen LogP contribution is -2.42. The predicted octanol–water partition coefficient (Wildman–Crippen LogP) is 2.43. The number of piperidine rings is 2. The number of hydrogen-bond acceptors (Lipinski definition) is 5. The molecule has 2 saturated heterocycles. The molecule has 2 aliphatic rings. The second-order valence-corrected chi connectivity index (χ2v) is 6.95. The third kappa shape index (κ3) is 3.92. The predicted molar refractivity (Wildman–Crippen MR) is 94.9 cm³/mol. The van der Waals surface area contributed by atoms with Gasteiger partial charge in [-0.1, -0.05) is 0 Å². The number of carbonyl (C=O) groups is 1. The van der Waals surface area contributed by atoms with Gasteiger partial charge in [0.25, 0.3) is 11.6 Å². The van der Waals surface area contributed by atoms with Gasteiger partial charge in [0.15, 0.2) is 0 Å². The van der Waals surface area contributed by atoms with Gasteiger partial charge in [0.05, 0.1) is 16.2 Å². The Hall–Kier alpha value is -2.15. The first kappa shape index (κ1) is 17.7. The standard InChI is InChI=1S/C18H25N3O4/c22-13-14-5-4-10-20(12-14)18(23)16-11-15(21(24)25)6-7-17(16)19-8-2-1-3-9-19/h6-7,11,14,22H,1-5,8-10,12-13H2. The molecule has 0 aliphatic carbocycles. The van der Waals surface area contributed by atoms with Crippen LogP contribution < -0.4 is 4.90 Å². The molecule has 2 heterocycles. The van der Waals surface area contributed by atoms with Gasteiger partial charge in [0, 0.05) is 44.9 Å². The number of nitro groups is 1. The lowest BCUT2D eigenvalue weighted by atomic mass is 9.97. The average molecular weight is 347 g/mol. The highest BCUT2D eigenvalue weighted by atomic mass is 16.6. The number of hydrogen-bond donors (Lipinski definition) is 1. The molecule has 0 radical (unpaired) electrons. The minimum atomic E-state index is -0.455. The van der Waals surface area contributed by atoms with Crippen molar-refractivity contribution < 1.29 is 14.8 Å². The number of rotatable bonds is 4. The van der Waals surface area contributed by atoms with Crippen molar-refractivity contribution in [3.63, 3.8) is 0 Å². The lowest BCUT2D eigenvalue weighted by molar-refractivity contribution is -0.384. The Morgan fingerprint density at radius 2 is 1.96 bits per heavy atom. The molecule has 0 bridgehead atoms. The molecule has 136 valence electrons. The van der Waals surface area contributed by atoms with Crippen LogP contribution in [0, 0.1) is 16.0 Å². The van der Waals surface area contributed by atoms with Crippen LogP contribution in [0.3, 0.4) is 0 Å². The SMILES string of the molecule is O=C(c1cc([N+](=O)[O-])ccc1N1CCCCC1)N1CCCC(CO)C1. The Morgan fingerprint density at radius 3 is 2.64 bits per heavy atom. The van der Waals surface area contributed by atoms with Crippen LogP contribution >= 0.6 is 0 Å². The zero-order chi connectivity index (χ0) is 17.8. The van der Waals surface area contributed by atoms with Crippen molar-refractivity contribution in [2.24, 2.45) is 5.92 Å². The van der Waals surface area contributed by atoms with Crippen LogP contribution in [0.25, 0.3) is 0 Å². The van der Waals surface area contributed by atoms with Crippen molar-refractivity contribution >= 4 is 17.3 Å². The number of aliphatic hydroxyl groups excluding tert-OH is 1. The number of anilines is 1. The minimum absolute atomic E-state index is 0.0557. The van der Waals surface area contributed by atoms with E-state index in [4.69, 9.17) is 0 Å². The van der Waals surface area contributed by atoms with Gasteiger partial charge in [-0.05, 0) is 44.1 Å². The van der Waals surface area contributed by atoms with Crippen LogP contribution in [-0.4, -0.2) is 53.6 Å². The topological polar surface area (TPSA) is 86.9 Å². The summed E-state index contributed by atoms with van der Waals surface area (Å²) in [6.45, 7) is 2.96. The Morgan fingerprint density at radius 1 is 1.20 bits per heavy atom. The van der Waals surface area contributed by atoms with E-state index in [0.29, 0.717) is 18.7 Å². The van der Waals surface area contributed by atoms with Gasteiger partial charge in [-0.2, -0.15) is 0 Å². The Bertz CT molecular complexity index is 643. The molecule has 7 heteroatoms. The van der Waals surface area contributed by atoms with Gasteiger partial charge >= 0.3 is 0 Å². The van der Waals surface area contributed by atoms with Crippen molar-refractivity contribution in [1.82, 2.24) is 4.90 Å². The van der Waals surface area contributed by atoms with Gasteiger partial charge < -0.3 is 14.9 Å². The maximum Gasteiger partial charge on any atom is 0.270 e. The summed E-state index contributed by atoms with van der Waals surface area (Å²) >= 11 is 0. The third-order valence-electron chi connectivity index (χ3n) is 5.18. The molecule has 1 aromatic rings. The molecule has 2 fully saturated rings. The van der Waals surface area contributed by atoms with Gasteiger partial charge in [-0.25, -0.2) is 0 Å². The molecular formula is C18H25N3O4. The van der Waals surface area contributed by atoms with E-state index in [0.717, 1.165) is 44.5 Å². The zero-order valence-corrected chi connectivity index (χ0v) is 14.4. The number of amides is 1. The highest BCUT2D eigenvalue weighted by Crippen LogP contribution is 2.30. The molecule has 1 atom stereocenters. The van der Waals surface area contributed by atoms with E-state index in [2.05, 4.69) is 4.90 Å². The average Bonchev–Trinajstić information content (AvgIpc) is 2.67. The summed E-state index contributed by atoms with van der Waals surface area (Å²) in [4.78, 5) is 27.7. The summed E-state index contributed by atoms with van der Waals surface area (Å²) < 4.78 is 0. The smallest absolute Gasteiger partial charge is 0.270 e. The summed E-state index contributed by atoms with van der Waals surface area (Å²) in [7, 11) is 0. The minimum Gasteiger partial charge on any atom is -0.396 e. The maximum absolute atomic E-state index is 13.1. The first-order chi connectivity index (χ1) is 12.1. The van der Waals surface area contributed by atoms with Gasteiger partial charge in [0.1, 0.15) is 0 Å². The fraction of sp³-hybridized carbons (Fsp3) is 0.611. The summed E-state index contributed by atoms with van der Waals surface area (Å²) in [5.41, 5.74) is 1.15. The first-order valence-corrected chi connectivity index (χ1v) is 9.03. The van der Waals surface area contributed by atoms with E-state index < -0.39 is 4.92 Å². The van der Waals surface area contributed by atoms with Crippen molar-refractivity contribution in [2.45, 2.75) is 32.1 Å². The molecule has 1 unspecified atom stereocenters. The highest BCUT2D eigenvalue weighted by molar-refractivity contribution is 6.00. The van der Waals surface area contributed by atoms with E-state index in [9.17, 15) is 20.0 Å². The van der Waals surface area contributed by atoms with E-state index >= 15 is 0 Å². The first-order valence-electron chi connectivity index (χ1n) is 9.03. The fourth-order valence-electron chi connectivity index (χ4n) is 3.79. The summed E-state index contributed by atoms with van der Waals surface area (Å²) in [5, 5.41) is 20.6.